The van der Waals surface area contributed by atoms with Gasteiger partial charge in [0.25, 0.3) is 0 Å². The van der Waals surface area contributed by atoms with Gasteiger partial charge in [0.1, 0.15) is 0 Å². The molecule has 0 fully saturated rings. The van der Waals surface area contributed by atoms with E-state index in [-0.39, 0.29) is 0 Å². The van der Waals surface area contributed by atoms with Crippen LogP contribution in [0.25, 0.3) is 0 Å². The predicted octanol–water partition coefficient (Wildman–Crippen LogP) is 3.39. The zero-order chi connectivity index (χ0) is 23.0. The van der Waals surface area contributed by atoms with E-state index >= 15 is 0 Å². The maximum absolute atomic E-state index is 10.7. The number of alkyl halides is 6. The summed E-state index contributed by atoms with van der Waals surface area (Å²) >= 11 is 0. The molecule has 0 saturated carbocycles. The van der Waals surface area contributed by atoms with Gasteiger partial charge in [-0.15, -0.1) is 0 Å². The predicted molar refractivity (Wildman–Crippen MR) is 55.6 cm³/mol. The molecule has 0 atom stereocenters. The molecule has 2 N–H and O–H groups in total. The van der Waals surface area contributed by atoms with Crippen LogP contribution in [0.5, 0.6) is 0 Å². The minimum Gasteiger partial charge on any atom is -0.418 e. The molecule has 0 aliphatic heterocycles. The summed E-state index contributed by atoms with van der Waals surface area (Å²) in [5.74, 6) is 0. The molecule has 0 heterocycles. The van der Waals surface area contributed by atoms with Crippen molar-refractivity contribution in [3.05, 3.63) is 0 Å². The summed E-state index contributed by atoms with van der Waals surface area (Å²) in [6, 6.07) is 0. The molecular weight excluding hydrogens is 472 g/mol. The molecule has 26 heavy (non-hydrogen) atoms. The highest BCUT2D eigenvalue weighted by atomic mass is 32.2. The van der Waals surface area contributed by atoms with Gasteiger partial charge in [-0.05, 0) is 0 Å². The Bertz CT molecular complexity index is 513. The highest BCUT2D eigenvalue weighted by Crippen LogP contribution is 2.21. The van der Waals surface area contributed by atoms with Gasteiger partial charge < -0.3 is 34.5 Å². The first-order chi connectivity index (χ1) is 10.5. The number of hydrogen-bond donors (Lipinski definition) is 2. The lowest BCUT2D eigenvalue weighted by Crippen LogP contribution is -2.21. The Balaban J connectivity index is -0.000000127. The van der Waals surface area contributed by atoms with Crippen LogP contribution in [0.1, 0.15) is 0 Å². The van der Waals surface area contributed by atoms with Crippen LogP contribution in [0, 0.1) is 0 Å². The third kappa shape index (κ3) is 38.5. The van der Waals surface area contributed by atoms with E-state index in [1.165, 1.54) is 0 Å². The Hall–Kier alpha value is -1.03. The highest BCUT2D eigenvalue weighted by Gasteiger charge is 2.45. The van der Waals surface area contributed by atoms with E-state index in [4.69, 9.17) is 25.9 Å². The average molecular weight is 474 g/mol. The SMILES string of the molecule is F[B-](F)(F)F.F[B-](F)(F)F.O=S(=O)(O)C(F)(F)F.O=S(=O)(O)C(F)(F)F. The molecule has 0 aromatic carbocycles. The van der Waals surface area contributed by atoms with Crippen LogP contribution < -0.4 is 0 Å². The van der Waals surface area contributed by atoms with Gasteiger partial charge in [-0.1, -0.05) is 0 Å². The Morgan fingerprint density at radius 3 is 0.538 bits per heavy atom. The standard InChI is InChI=1S/2CHF3O3S.2BF4/c2*2-1(3,4)8(5,6)7;2*2-1(3,4)5/h2*(H,5,6,7);;/q;;2*-1. The van der Waals surface area contributed by atoms with Crippen LogP contribution in [0.3, 0.4) is 0 Å². The topological polar surface area (TPSA) is 109 Å². The molecular formula is C2H2B2F14O6S2-2. The van der Waals surface area contributed by atoms with E-state index in [9.17, 15) is 60.9 Å². The van der Waals surface area contributed by atoms with Gasteiger partial charge in [-0.2, -0.15) is 43.2 Å². The molecule has 0 amide bonds. The molecule has 0 unspecified atom stereocenters. The monoisotopic (exact) mass is 474 g/mol. The van der Waals surface area contributed by atoms with Crippen molar-refractivity contribution in [2.45, 2.75) is 11.0 Å². The van der Waals surface area contributed by atoms with E-state index < -0.39 is 45.8 Å². The number of halogens is 14. The minimum atomic E-state index is -6.00. The number of rotatable bonds is 0. The summed E-state index contributed by atoms with van der Waals surface area (Å²) < 4.78 is 193. The summed E-state index contributed by atoms with van der Waals surface area (Å²) in [5, 5.41) is 0. The molecule has 0 bridgehead atoms. The van der Waals surface area contributed by atoms with Crippen LogP contribution >= 0.6 is 0 Å². The summed E-state index contributed by atoms with van der Waals surface area (Å²) in [7, 11) is -23.7. The molecule has 0 radical (unpaired) electrons. The Labute approximate surface area is 133 Å². The zero-order valence-electron chi connectivity index (χ0n) is 10.8. The highest BCUT2D eigenvalue weighted by molar-refractivity contribution is 7.86. The van der Waals surface area contributed by atoms with Crippen LogP contribution in [-0.2, 0) is 20.2 Å². The fourth-order valence-electron chi connectivity index (χ4n) is 0. The van der Waals surface area contributed by atoms with Gasteiger partial charge >= 0.3 is 45.8 Å². The molecule has 0 spiro atoms. The van der Waals surface area contributed by atoms with Crippen molar-refractivity contribution in [3.8, 4) is 0 Å². The lowest BCUT2D eigenvalue weighted by Gasteiger charge is -1.97. The molecule has 6 nitrogen and oxygen atoms in total. The van der Waals surface area contributed by atoms with Gasteiger partial charge in [-0.3, -0.25) is 9.11 Å². The molecule has 0 saturated heterocycles. The van der Waals surface area contributed by atoms with Gasteiger partial charge in [-0.25, -0.2) is 0 Å². The van der Waals surface area contributed by atoms with Crippen molar-refractivity contribution in [1.82, 2.24) is 0 Å². The zero-order valence-corrected chi connectivity index (χ0v) is 12.4. The van der Waals surface area contributed by atoms with E-state index in [1.54, 1.807) is 0 Å². The first-order valence-corrected chi connectivity index (χ1v) is 7.20. The lowest BCUT2D eigenvalue weighted by molar-refractivity contribution is -0.0514. The van der Waals surface area contributed by atoms with Crippen LogP contribution in [0.2, 0.25) is 0 Å². The minimum absolute atomic E-state index is 5.53. The number of hydrogen-bond acceptors (Lipinski definition) is 4. The summed E-state index contributed by atoms with van der Waals surface area (Å²) in [6.07, 6.45) is 0. The second-order valence-electron chi connectivity index (χ2n) is 2.83. The van der Waals surface area contributed by atoms with E-state index in [0.29, 0.717) is 0 Å². The molecule has 164 valence electrons. The third-order valence-electron chi connectivity index (χ3n) is 0.585. The largest absolute Gasteiger partial charge is 0.673 e. The van der Waals surface area contributed by atoms with E-state index in [1.807, 2.05) is 0 Å². The maximum atomic E-state index is 10.7. The smallest absolute Gasteiger partial charge is 0.418 e. The molecule has 0 rings (SSSR count). The molecule has 0 aromatic rings. The Morgan fingerprint density at radius 2 is 0.538 bits per heavy atom. The molecule has 0 aliphatic rings. The van der Waals surface area contributed by atoms with Gasteiger partial charge in [0, 0.05) is 0 Å². The fourth-order valence-corrected chi connectivity index (χ4v) is 0. The summed E-state index contributed by atoms with van der Waals surface area (Å²) in [5.41, 5.74) is -11.1. The van der Waals surface area contributed by atoms with Crippen molar-refractivity contribution in [3.63, 3.8) is 0 Å². The van der Waals surface area contributed by atoms with Crippen LogP contribution in [0.4, 0.5) is 60.9 Å². The Morgan fingerprint density at radius 1 is 0.500 bits per heavy atom. The van der Waals surface area contributed by atoms with Crippen molar-refractivity contribution in [2.75, 3.05) is 0 Å². The normalized spacial score (nSPS) is 13.2. The second-order valence-corrected chi connectivity index (χ2v) is 5.66. The third-order valence-corrected chi connectivity index (χ3v) is 1.75. The van der Waals surface area contributed by atoms with E-state index in [2.05, 4.69) is 0 Å². The van der Waals surface area contributed by atoms with Crippen molar-refractivity contribution in [2.24, 2.45) is 0 Å². The van der Waals surface area contributed by atoms with Crippen LogP contribution in [-0.4, -0.2) is 51.5 Å². The van der Waals surface area contributed by atoms with E-state index in [0.717, 1.165) is 0 Å². The first kappa shape index (κ1) is 32.6. The summed E-state index contributed by atoms with van der Waals surface area (Å²) in [4.78, 5) is 0. The quantitative estimate of drug-likeness (QED) is 0.242. The second kappa shape index (κ2) is 10.3. The summed E-state index contributed by atoms with van der Waals surface area (Å²) in [6.45, 7) is 0. The molecule has 24 heteroatoms. The average Bonchev–Trinajstić information content (AvgIpc) is 2.04. The van der Waals surface area contributed by atoms with Gasteiger partial charge in [0.2, 0.25) is 0 Å². The van der Waals surface area contributed by atoms with Crippen LogP contribution in [0.15, 0.2) is 0 Å². The van der Waals surface area contributed by atoms with Gasteiger partial charge in [0.05, 0.1) is 0 Å². The molecule has 0 aliphatic carbocycles. The molecule has 0 aromatic heterocycles. The fraction of sp³-hybridized carbons (Fsp3) is 1.00. The van der Waals surface area contributed by atoms with Crippen molar-refractivity contribution < 1.29 is 86.8 Å². The van der Waals surface area contributed by atoms with Crippen molar-refractivity contribution >= 4 is 34.7 Å². The first-order valence-electron chi connectivity index (χ1n) is 4.32. The lowest BCUT2D eigenvalue weighted by atomic mass is 10.3. The van der Waals surface area contributed by atoms with Crippen molar-refractivity contribution in [1.29, 1.82) is 0 Å². The Kier molecular flexibility index (Phi) is 13.0. The van der Waals surface area contributed by atoms with Gasteiger partial charge in [0.15, 0.2) is 0 Å². The maximum Gasteiger partial charge on any atom is 0.673 e.